The van der Waals surface area contributed by atoms with Gasteiger partial charge in [-0.05, 0) is 62.9 Å². The van der Waals surface area contributed by atoms with Crippen molar-refractivity contribution >= 4 is 11.7 Å². The molecule has 1 saturated carbocycles. The number of Topliss-reactive ketones (excluding diaryl/α,β-unsaturated/α-hetero) is 1. The van der Waals surface area contributed by atoms with E-state index in [0.717, 1.165) is 25.0 Å². The van der Waals surface area contributed by atoms with Crippen LogP contribution in [-0.2, 0) is 9.59 Å². The minimum atomic E-state index is -0.239. The smallest absolute Gasteiger partial charge is 0.259 e. The summed E-state index contributed by atoms with van der Waals surface area (Å²) in [4.78, 5) is 26.6. The normalized spacial score (nSPS) is 36.6. The third-order valence-electron chi connectivity index (χ3n) is 7.28. The number of allylic oxidation sites excluding steroid dienone is 6. The van der Waals surface area contributed by atoms with Crippen molar-refractivity contribution in [3.63, 3.8) is 0 Å². The highest BCUT2D eigenvalue weighted by atomic mass is 16.2. The summed E-state index contributed by atoms with van der Waals surface area (Å²) in [5.41, 5.74) is 3.64. The van der Waals surface area contributed by atoms with E-state index in [1.54, 1.807) is 6.08 Å². The molecule has 1 N–H and O–H groups in total. The highest BCUT2D eigenvalue weighted by Gasteiger charge is 2.51. The Morgan fingerprint density at radius 1 is 1.31 bits per heavy atom. The van der Waals surface area contributed by atoms with Crippen LogP contribution >= 0.6 is 0 Å². The molecule has 0 aromatic heterocycles. The van der Waals surface area contributed by atoms with Gasteiger partial charge in [-0.3, -0.25) is 9.59 Å². The van der Waals surface area contributed by atoms with Crippen LogP contribution in [0, 0.1) is 35.0 Å². The highest BCUT2D eigenvalue weighted by molar-refractivity contribution is 6.22. The Balaban J connectivity index is 2.07. The summed E-state index contributed by atoms with van der Waals surface area (Å²) in [5.74, 6) is 0.981. The van der Waals surface area contributed by atoms with Crippen LogP contribution in [0.15, 0.2) is 46.7 Å². The van der Waals surface area contributed by atoms with Gasteiger partial charge in [-0.2, -0.15) is 0 Å². The fourth-order valence-corrected chi connectivity index (χ4v) is 6.10. The summed E-state index contributed by atoms with van der Waals surface area (Å²) in [6.45, 7) is 15.1. The number of fused-ring (bicyclic) bond motifs is 1. The Kier molecular flexibility index (Phi) is 6.08. The minimum Gasteiger partial charge on any atom is -0.322 e. The van der Waals surface area contributed by atoms with E-state index >= 15 is 0 Å². The maximum Gasteiger partial charge on any atom is 0.259 e. The number of carbonyl (C=O) groups is 2. The molecule has 29 heavy (non-hydrogen) atoms. The van der Waals surface area contributed by atoms with Gasteiger partial charge in [0.25, 0.3) is 5.91 Å². The Bertz CT molecular complexity index is 826. The van der Waals surface area contributed by atoms with Crippen molar-refractivity contribution in [2.75, 3.05) is 0 Å². The highest BCUT2D eigenvalue weighted by Crippen LogP contribution is 2.56. The van der Waals surface area contributed by atoms with Crippen molar-refractivity contribution in [3.05, 3.63) is 46.7 Å². The van der Waals surface area contributed by atoms with Gasteiger partial charge in [0.15, 0.2) is 5.78 Å². The van der Waals surface area contributed by atoms with Gasteiger partial charge in [-0.25, -0.2) is 0 Å². The molecule has 0 spiro atoms. The van der Waals surface area contributed by atoms with Gasteiger partial charge in [0.1, 0.15) is 0 Å². The Morgan fingerprint density at radius 3 is 2.62 bits per heavy atom. The second-order valence-electron chi connectivity index (χ2n) is 10.2. The quantitative estimate of drug-likeness (QED) is 0.486. The van der Waals surface area contributed by atoms with E-state index in [4.69, 9.17) is 0 Å². The Hall–Kier alpha value is -1.90. The van der Waals surface area contributed by atoms with E-state index in [1.165, 1.54) is 11.1 Å². The van der Waals surface area contributed by atoms with Gasteiger partial charge in [-0.1, -0.05) is 63.5 Å². The van der Waals surface area contributed by atoms with Crippen molar-refractivity contribution in [2.45, 2.75) is 67.7 Å². The van der Waals surface area contributed by atoms with Crippen LogP contribution in [-0.4, -0.2) is 11.7 Å². The van der Waals surface area contributed by atoms with Crippen molar-refractivity contribution in [3.8, 4) is 0 Å². The van der Waals surface area contributed by atoms with E-state index in [2.05, 4.69) is 59.0 Å². The average Bonchev–Trinajstić information content (AvgIpc) is 2.97. The predicted molar refractivity (Wildman–Crippen MR) is 119 cm³/mol. The van der Waals surface area contributed by atoms with Crippen LogP contribution in [0.25, 0.3) is 0 Å². The molecule has 1 amide bonds. The molecule has 0 bridgehead atoms. The summed E-state index contributed by atoms with van der Waals surface area (Å²) < 4.78 is 0. The number of carbonyl (C=O) groups excluding carboxylic acids is 2. The van der Waals surface area contributed by atoms with Crippen LogP contribution in [0.1, 0.15) is 67.7 Å². The molecule has 3 aliphatic rings. The molecule has 3 heteroatoms. The summed E-state index contributed by atoms with van der Waals surface area (Å²) in [5, 5.41) is 2.89. The third-order valence-corrected chi connectivity index (χ3v) is 7.28. The van der Waals surface area contributed by atoms with Crippen LogP contribution in [0.5, 0.6) is 0 Å². The number of hydrogen-bond donors (Lipinski definition) is 1. The van der Waals surface area contributed by atoms with Crippen LogP contribution < -0.4 is 5.32 Å². The molecule has 158 valence electrons. The van der Waals surface area contributed by atoms with E-state index in [0.29, 0.717) is 17.4 Å². The molecular weight excluding hydrogens is 358 g/mol. The zero-order valence-electron chi connectivity index (χ0n) is 19.1. The minimum absolute atomic E-state index is 0.0266. The number of amides is 1. The molecule has 1 fully saturated rings. The Labute approximate surface area is 176 Å². The van der Waals surface area contributed by atoms with Crippen molar-refractivity contribution < 1.29 is 9.59 Å². The summed E-state index contributed by atoms with van der Waals surface area (Å²) in [7, 11) is 0. The first-order chi connectivity index (χ1) is 13.6. The van der Waals surface area contributed by atoms with Gasteiger partial charge < -0.3 is 5.32 Å². The van der Waals surface area contributed by atoms with Crippen molar-refractivity contribution in [1.82, 2.24) is 5.32 Å². The molecule has 0 radical (unpaired) electrons. The lowest BCUT2D eigenvalue weighted by Gasteiger charge is -2.52. The zero-order chi connectivity index (χ0) is 21.5. The average molecular weight is 396 g/mol. The van der Waals surface area contributed by atoms with Crippen molar-refractivity contribution in [2.24, 2.45) is 35.0 Å². The first kappa shape index (κ1) is 21.8. The maximum atomic E-state index is 13.9. The summed E-state index contributed by atoms with van der Waals surface area (Å²) in [6, 6.07) is 0. The molecule has 0 aromatic carbocycles. The zero-order valence-corrected chi connectivity index (χ0v) is 19.1. The molecule has 3 rings (SSSR count). The second-order valence-corrected chi connectivity index (χ2v) is 10.2. The maximum absolute atomic E-state index is 13.9. The number of ketones is 1. The molecule has 0 unspecified atom stereocenters. The van der Waals surface area contributed by atoms with Crippen LogP contribution in [0.4, 0.5) is 0 Å². The Morgan fingerprint density at radius 2 is 2.00 bits per heavy atom. The molecule has 3 nitrogen and oxygen atoms in total. The first-order valence-electron chi connectivity index (χ1n) is 11.2. The molecule has 1 heterocycles. The molecular formula is C26H37NO2. The van der Waals surface area contributed by atoms with Crippen molar-refractivity contribution in [1.29, 1.82) is 0 Å². The molecule has 2 aliphatic carbocycles. The second kappa shape index (κ2) is 8.08. The first-order valence-corrected chi connectivity index (χ1v) is 11.2. The van der Waals surface area contributed by atoms with Crippen LogP contribution in [0.3, 0.4) is 0 Å². The van der Waals surface area contributed by atoms with Gasteiger partial charge in [0, 0.05) is 17.5 Å². The van der Waals surface area contributed by atoms with Gasteiger partial charge >= 0.3 is 0 Å². The van der Waals surface area contributed by atoms with E-state index in [9.17, 15) is 9.59 Å². The molecule has 1 aliphatic heterocycles. The summed E-state index contributed by atoms with van der Waals surface area (Å²) in [6.07, 6.45) is 11.7. The predicted octanol–water partition coefficient (Wildman–Crippen LogP) is 5.75. The van der Waals surface area contributed by atoms with Gasteiger partial charge in [-0.15, -0.1) is 0 Å². The van der Waals surface area contributed by atoms with Gasteiger partial charge in [0.05, 0.1) is 5.57 Å². The largest absolute Gasteiger partial charge is 0.322 e. The summed E-state index contributed by atoms with van der Waals surface area (Å²) >= 11 is 0. The molecule has 5 atom stereocenters. The molecule has 0 aromatic rings. The monoisotopic (exact) mass is 395 g/mol. The topological polar surface area (TPSA) is 46.2 Å². The standard InChI is InChI=1S/C26H37NO2/c1-8-17(5)22-18(6)14-26(7)13-16(4)9-10-21(26)23(22)24(28)20-12-19(11-15(2)3)27-25(20)29/h8,11-12,14-16,21-23H,9-10,13H2,1-7H3,(H,27,29)/t16-,21+,22-,23+,26+/m0/s1. The number of nitrogens with one attached hydrogen (secondary N) is 1. The fourth-order valence-electron chi connectivity index (χ4n) is 6.10. The number of rotatable bonds is 4. The lowest BCUT2D eigenvalue weighted by molar-refractivity contribution is -0.128. The lowest BCUT2D eigenvalue weighted by Crippen LogP contribution is -2.48. The SMILES string of the molecule is CC=C(C)[C@H]1C(C)=C[C@@]2(C)C[C@@H](C)CC[C@@H]2[C@H]1C(=O)C1=CC(=CC(C)C)NC1=O. The molecule has 0 saturated heterocycles. The van der Waals surface area contributed by atoms with E-state index in [-0.39, 0.29) is 34.9 Å². The van der Waals surface area contributed by atoms with Crippen LogP contribution in [0.2, 0.25) is 0 Å². The van der Waals surface area contributed by atoms with E-state index < -0.39 is 0 Å². The lowest BCUT2D eigenvalue weighted by atomic mass is 9.52. The van der Waals surface area contributed by atoms with E-state index in [1.807, 2.05) is 13.0 Å². The van der Waals surface area contributed by atoms with Gasteiger partial charge in [0.2, 0.25) is 0 Å². The third kappa shape index (κ3) is 4.06. The number of hydrogen-bond acceptors (Lipinski definition) is 2. The fraction of sp³-hybridized carbons (Fsp3) is 0.615.